The standard InChI is InChI=1S/C13H19N3O2.ClH/c1-8(2)15-13(18)10-4-6-11(7-5-10)16-12(17)9(3)14;/h4-9H,14H2,1-3H3,(H,15,18)(H,16,17);1H. The molecule has 0 aliphatic heterocycles. The molecule has 0 spiro atoms. The fraction of sp³-hybridized carbons (Fsp3) is 0.385. The molecule has 0 saturated carbocycles. The van der Waals surface area contributed by atoms with E-state index < -0.39 is 6.04 Å². The van der Waals surface area contributed by atoms with Gasteiger partial charge in [-0.1, -0.05) is 0 Å². The van der Waals surface area contributed by atoms with E-state index in [-0.39, 0.29) is 30.3 Å². The minimum Gasteiger partial charge on any atom is -0.350 e. The molecule has 4 N–H and O–H groups in total. The number of halogens is 1. The number of carbonyl (C=O) groups excluding carboxylic acids is 2. The number of nitrogens with one attached hydrogen (secondary N) is 2. The normalized spacial score (nSPS) is 11.4. The molecular formula is C13H20ClN3O2. The van der Waals surface area contributed by atoms with Crippen molar-refractivity contribution in [2.24, 2.45) is 5.73 Å². The van der Waals surface area contributed by atoms with Crippen molar-refractivity contribution in [3.63, 3.8) is 0 Å². The molecule has 0 radical (unpaired) electrons. The summed E-state index contributed by atoms with van der Waals surface area (Å²) < 4.78 is 0. The zero-order chi connectivity index (χ0) is 13.7. The van der Waals surface area contributed by atoms with E-state index in [1.165, 1.54) is 0 Å². The maximum absolute atomic E-state index is 11.7. The maximum atomic E-state index is 11.7. The summed E-state index contributed by atoms with van der Waals surface area (Å²) in [6.07, 6.45) is 0. The van der Waals surface area contributed by atoms with Gasteiger partial charge in [-0.15, -0.1) is 12.4 Å². The van der Waals surface area contributed by atoms with Crippen molar-refractivity contribution >= 4 is 29.9 Å². The third kappa shape index (κ3) is 5.72. The van der Waals surface area contributed by atoms with Gasteiger partial charge in [0.2, 0.25) is 5.91 Å². The van der Waals surface area contributed by atoms with E-state index in [0.717, 1.165) is 0 Å². The lowest BCUT2D eigenvalue weighted by Crippen LogP contribution is -2.32. The second kappa shape index (κ2) is 7.76. The van der Waals surface area contributed by atoms with Crippen LogP contribution in [0.1, 0.15) is 31.1 Å². The van der Waals surface area contributed by atoms with Crippen LogP contribution in [0.15, 0.2) is 24.3 Å². The van der Waals surface area contributed by atoms with E-state index in [0.29, 0.717) is 11.3 Å². The van der Waals surface area contributed by atoms with Gasteiger partial charge in [0.05, 0.1) is 6.04 Å². The highest BCUT2D eigenvalue weighted by atomic mass is 35.5. The molecule has 1 aromatic rings. The SMILES string of the molecule is CC(C)NC(=O)c1ccc(NC(=O)C(C)N)cc1.Cl. The zero-order valence-corrected chi connectivity index (χ0v) is 12.1. The summed E-state index contributed by atoms with van der Waals surface area (Å²) in [5, 5.41) is 5.44. The lowest BCUT2D eigenvalue weighted by molar-refractivity contribution is -0.117. The van der Waals surface area contributed by atoms with Crippen molar-refractivity contribution in [1.82, 2.24) is 5.32 Å². The molecule has 0 saturated heterocycles. The molecule has 2 amide bonds. The van der Waals surface area contributed by atoms with Crippen LogP contribution in [0.25, 0.3) is 0 Å². The Labute approximate surface area is 119 Å². The Morgan fingerprint density at radius 2 is 1.63 bits per heavy atom. The fourth-order valence-electron chi connectivity index (χ4n) is 1.31. The van der Waals surface area contributed by atoms with Gasteiger partial charge in [-0.2, -0.15) is 0 Å². The van der Waals surface area contributed by atoms with Gasteiger partial charge in [-0.25, -0.2) is 0 Å². The molecule has 0 bridgehead atoms. The maximum Gasteiger partial charge on any atom is 0.251 e. The molecule has 106 valence electrons. The van der Waals surface area contributed by atoms with Crippen molar-refractivity contribution < 1.29 is 9.59 Å². The van der Waals surface area contributed by atoms with E-state index in [9.17, 15) is 9.59 Å². The first kappa shape index (κ1) is 17.4. The number of hydrogen-bond donors (Lipinski definition) is 3. The Morgan fingerprint density at radius 1 is 1.11 bits per heavy atom. The average Bonchev–Trinajstić information content (AvgIpc) is 2.28. The van der Waals surface area contributed by atoms with E-state index in [2.05, 4.69) is 10.6 Å². The van der Waals surface area contributed by atoms with Crippen LogP contribution in [-0.4, -0.2) is 23.9 Å². The van der Waals surface area contributed by atoms with E-state index in [4.69, 9.17) is 5.73 Å². The third-order valence-electron chi connectivity index (χ3n) is 2.25. The van der Waals surface area contributed by atoms with E-state index in [1.54, 1.807) is 31.2 Å². The second-order valence-electron chi connectivity index (χ2n) is 4.48. The fourth-order valence-corrected chi connectivity index (χ4v) is 1.31. The zero-order valence-electron chi connectivity index (χ0n) is 11.3. The van der Waals surface area contributed by atoms with Gasteiger partial charge in [-0.3, -0.25) is 9.59 Å². The highest BCUT2D eigenvalue weighted by Crippen LogP contribution is 2.10. The average molecular weight is 286 g/mol. The number of rotatable bonds is 4. The first-order valence-corrected chi connectivity index (χ1v) is 5.87. The van der Waals surface area contributed by atoms with Gasteiger partial charge in [0, 0.05) is 17.3 Å². The molecule has 1 unspecified atom stereocenters. The van der Waals surface area contributed by atoms with Crippen LogP contribution >= 0.6 is 12.4 Å². The Bertz CT molecular complexity index is 430. The van der Waals surface area contributed by atoms with Crippen LogP contribution in [0.2, 0.25) is 0 Å². The van der Waals surface area contributed by atoms with Gasteiger partial charge < -0.3 is 16.4 Å². The Balaban J connectivity index is 0.00000324. The Kier molecular flexibility index (Phi) is 7.11. The quantitative estimate of drug-likeness (QED) is 0.784. The van der Waals surface area contributed by atoms with Gasteiger partial charge in [0.15, 0.2) is 0 Å². The van der Waals surface area contributed by atoms with Crippen molar-refractivity contribution in [2.75, 3.05) is 5.32 Å². The number of benzene rings is 1. The number of hydrogen-bond acceptors (Lipinski definition) is 3. The van der Waals surface area contributed by atoms with Gasteiger partial charge in [0.1, 0.15) is 0 Å². The summed E-state index contributed by atoms with van der Waals surface area (Å²) in [5.74, 6) is -0.385. The monoisotopic (exact) mass is 285 g/mol. The van der Waals surface area contributed by atoms with Crippen LogP contribution in [0, 0.1) is 0 Å². The van der Waals surface area contributed by atoms with Crippen LogP contribution in [-0.2, 0) is 4.79 Å². The van der Waals surface area contributed by atoms with Gasteiger partial charge in [-0.05, 0) is 45.0 Å². The van der Waals surface area contributed by atoms with E-state index in [1.807, 2.05) is 13.8 Å². The molecule has 0 aromatic heterocycles. The molecule has 1 rings (SSSR count). The largest absolute Gasteiger partial charge is 0.350 e. The van der Waals surface area contributed by atoms with E-state index >= 15 is 0 Å². The first-order valence-electron chi connectivity index (χ1n) is 5.87. The minimum atomic E-state index is -0.561. The Morgan fingerprint density at radius 3 is 2.05 bits per heavy atom. The van der Waals surface area contributed by atoms with Crippen LogP contribution in [0.3, 0.4) is 0 Å². The van der Waals surface area contributed by atoms with Crippen LogP contribution < -0.4 is 16.4 Å². The van der Waals surface area contributed by atoms with Crippen molar-refractivity contribution in [3.8, 4) is 0 Å². The summed E-state index contributed by atoms with van der Waals surface area (Å²) in [7, 11) is 0. The predicted molar refractivity (Wildman–Crippen MR) is 78.6 cm³/mol. The van der Waals surface area contributed by atoms with Crippen LogP contribution in [0.5, 0.6) is 0 Å². The van der Waals surface area contributed by atoms with Crippen molar-refractivity contribution in [1.29, 1.82) is 0 Å². The summed E-state index contributed by atoms with van der Waals surface area (Å²) >= 11 is 0. The third-order valence-corrected chi connectivity index (χ3v) is 2.25. The first-order chi connectivity index (χ1) is 8.40. The van der Waals surface area contributed by atoms with Gasteiger partial charge in [0.25, 0.3) is 5.91 Å². The molecule has 0 aliphatic carbocycles. The number of carbonyl (C=O) groups is 2. The number of nitrogens with two attached hydrogens (primary N) is 1. The smallest absolute Gasteiger partial charge is 0.251 e. The molecule has 0 heterocycles. The summed E-state index contributed by atoms with van der Waals surface area (Å²) in [6, 6.07) is 6.21. The minimum absolute atomic E-state index is 0. The molecule has 0 aliphatic rings. The summed E-state index contributed by atoms with van der Waals surface area (Å²) in [6.45, 7) is 5.41. The lowest BCUT2D eigenvalue weighted by Gasteiger charge is -2.10. The van der Waals surface area contributed by atoms with Crippen molar-refractivity contribution in [3.05, 3.63) is 29.8 Å². The van der Waals surface area contributed by atoms with Crippen molar-refractivity contribution in [2.45, 2.75) is 32.9 Å². The molecule has 1 aromatic carbocycles. The van der Waals surface area contributed by atoms with Gasteiger partial charge >= 0.3 is 0 Å². The molecule has 19 heavy (non-hydrogen) atoms. The summed E-state index contributed by atoms with van der Waals surface area (Å²) in [4.78, 5) is 23.0. The molecule has 0 fully saturated rings. The molecule has 1 atom stereocenters. The molecule has 6 heteroatoms. The lowest BCUT2D eigenvalue weighted by atomic mass is 10.2. The highest BCUT2D eigenvalue weighted by molar-refractivity contribution is 5.97. The van der Waals surface area contributed by atoms with Crippen LogP contribution in [0.4, 0.5) is 5.69 Å². The summed E-state index contributed by atoms with van der Waals surface area (Å²) in [5.41, 5.74) is 6.62. The Hall–Kier alpha value is -1.59. The molecular weight excluding hydrogens is 266 g/mol. The molecule has 5 nitrogen and oxygen atoms in total. The predicted octanol–water partition coefficient (Wildman–Crippen LogP) is 1.53. The highest BCUT2D eigenvalue weighted by Gasteiger charge is 2.09. The number of amides is 2. The second-order valence-corrected chi connectivity index (χ2v) is 4.48. The number of anilines is 1. The topological polar surface area (TPSA) is 84.2 Å².